The number of hydrogen-bond acceptors (Lipinski definition) is 8. The Morgan fingerprint density at radius 3 is 2.60 bits per heavy atom. The molecule has 222 valence electrons. The molecule has 2 aromatic heterocycles. The van der Waals surface area contributed by atoms with Crippen molar-refractivity contribution in [3.8, 4) is 17.7 Å². The van der Waals surface area contributed by atoms with E-state index in [0.717, 1.165) is 44.5 Å². The average molecular weight is 590 g/mol. The Kier molecular flexibility index (Phi) is 8.18. The summed E-state index contributed by atoms with van der Waals surface area (Å²) in [5, 5.41) is 18.3. The Balaban J connectivity index is 1.07. The van der Waals surface area contributed by atoms with E-state index in [1.165, 1.54) is 18.2 Å². The lowest BCUT2D eigenvalue weighted by molar-refractivity contribution is -0.0592. The van der Waals surface area contributed by atoms with Crippen LogP contribution >= 0.6 is 0 Å². The third-order valence-corrected chi connectivity index (χ3v) is 7.72. The van der Waals surface area contributed by atoms with Crippen LogP contribution in [0.4, 0.5) is 8.78 Å². The molecule has 0 bridgehead atoms. The molecular formula is C31H29F2N5O5. The number of aromatic carboxylic acids is 1. The van der Waals surface area contributed by atoms with E-state index in [0.29, 0.717) is 42.6 Å². The highest BCUT2D eigenvalue weighted by Crippen LogP contribution is 2.27. The molecule has 0 radical (unpaired) electrons. The quantitative estimate of drug-likeness (QED) is 0.281. The van der Waals surface area contributed by atoms with Crippen molar-refractivity contribution in [1.29, 1.82) is 5.26 Å². The second-order valence-corrected chi connectivity index (χ2v) is 10.7. The van der Waals surface area contributed by atoms with E-state index in [1.807, 2.05) is 10.6 Å². The van der Waals surface area contributed by atoms with Gasteiger partial charge in [0.05, 0.1) is 47.6 Å². The van der Waals surface area contributed by atoms with E-state index < -0.39 is 17.6 Å². The summed E-state index contributed by atoms with van der Waals surface area (Å²) >= 11 is 0. The van der Waals surface area contributed by atoms with Crippen LogP contribution in [0.25, 0.3) is 11.0 Å². The first-order valence-corrected chi connectivity index (χ1v) is 14.1. The van der Waals surface area contributed by atoms with Crippen LogP contribution in [0.1, 0.15) is 46.7 Å². The molecule has 0 aliphatic carbocycles. The largest absolute Gasteiger partial charge is 0.484 e. The van der Waals surface area contributed by atoms with Crippen LogP contribution in [0.15, 0.2) is 48.5 Å². The summed E-state index contributed by atoms with van der Waals surface area (Å²) in [7, 11) is 0. The second-order valence-electron chi connectivity index (χ2n) is 10.7. The topological polar surface area (TPSA) is 123 Å². The monoisotopic (exact) mass is 589 g/mol. The number of carboxylic acid groups (broad SMARTS) is 1. The Morgan fingerprint density at radius 1 is 1.09 bits per heavy atom. The number of halogens is 2. The normalized spacial score (nSPS) is 17.4. The summed E-state index contributed by atoms with van der Waals surface area (Å²) in [6, 6.07) is 13.7. The lowest BCUT2D eigenvalue weighted by atomic mass is 10.1. The molecular weight excluding hydrogens is 560 g/mol. The number of piperidine rings is 1. The van der Waals surface area contributed by atoms with Gasteiger partial charge >= 0.3 is 5.97 Å². The molecule has 4 heterocycles. The van der Waals surface area contributed by atoms with Gasteiger partial charge in [-0.1, -0.05) is 6.07 Å². The standard InChI is InChI=1S/C31H29F2N5O5/c32-24-12-19(15-34)4-5-27(24)42-18-21-2-1-3-29(35-21)43-22-6-9-37(10-7-22)17-28-36-30-25(33)13-20(31(39)40)14-26(30)38(28)16-23-8-11-41-23/h1-5,12-14,22-23H,6-11,16-18H2,(H,39,40)/t23-/m0/s1. The predicted molar refractivity (Wildman–Crippen MR) is 150 cm³/mol. The van der Waals surface area contributed by atoms with Gasteiger partial charge in [-0.3, -0.25) is 4.90 Å². The molecule has 2 saturated heterocycles. The van der Waals surface area contributed by atoms with Crippen molar-refractivity contribution >= 4 is 17.0 Å². The zero-order valence-corrected chi connectivity index (χ0v) is 23.2. The maximum atomic E-state index is 14.8. The number of imidazole rings is 1. The molecule has 0 saturated carbocycles. The molecule has 0 amide bonds. The Bertz CT molecular complexity index is 1690. The van der Waals surface area contributed by atoms with Gasteiger partial charge in [-0.15, -0.1) is 0 Å². The van der Waals surface area contributed by atoms with Gasteiger partial charge in [0, 0.05) is 25.8 Å². The number of carboxylic acids is 1. The highest BCUT2D eigenvalue weighted by molar-refractivity contribution is 5.92. The number of likely N-dealkylation sites (tertiary alicyclic amines) is 1. The summed E-state index contributed by atoms with van der Waals surface area (Å²) in [5.74, 6) is -1.30. The maximum absolute atomic E-state index is 14.8. The molecule has 43 heavy (non-hydrogen) atoms. The Morgan fingerprint density at radius 2 is 1.91 bits per heavy atom. The van der Waals surface area contributed by atoms with Crippen LogP contribution < -0.4 is 9.47 Å². The summed E-state index contributed by atoms with van der Waals surface area (Å²) in [4.78, 5) is 22.8. The van der Waals surface area contributed by atoms with Gasteiger partial charge in [0.15, 0.2) is 17.4 Å². The van der Waals surface area contributed by atoms with Crippen molar-refractivity contribution in [3.05, 3.63) is 82.8 Å². The van der Waals surface area contributed by atoms with Crippen molar-refractivity contribution < 1.29 is 32.9 Å². The van der Waals surface area contributed by atoms with Crippen LogP contribution in [0, 0.1) is 23.0 Å². The number of ether oxygens (including phenoxy) is 3. The number of benzene rings is 2. The van der Waals surface area contributed by atoms with E-state index in [2.05, 4.69) is 14.9 Å². The number of nitriles is 1. The summed E-state index contributed by atoms with van der Waals surface area (Å²) in [6.45, 7) is 3.12. The van der Waals surface area contributed by atoms with Crippen LogP contribution in [-0.2, 0) is 24.4 Å². The number of fused-ring (bicyclic) bond motifs is 1. The first kappa shape index (κ1) is 28.5. The number of rotatable bonds is 10. The minimum atomic E-state index is -1.19. The van der Waals surface area contributed by atoms with E-state index in [4.69, 9.17) is 19.5 Å². The number of aromatic nitrogens is 3. The lowest BCUT2D eigenvalue weighted by Gasteiger charge is -2.32. The van der Waals surface area contributed by atoms with Crippen molar-refractivity contribution in [3.63, 3.8) is 0 Å². The molecule has 0 unspecified atom stereocenters. The maximum Gasteiger partial charge on any atom is 0.335 e. The molecule has 2 aliphatic rings. The highest BCUT2D eigenvalue weighted by atomic mass is 19.1. The number of carbonyl (C=O) groups is 1. The molecule has 2 aliphatic heterocycles. The molecule has 2 fully saturated rings. The molecule has 0 spiro atoms. The van der Waals surface area contributed by atoms with E-state index in [1.54, 1.807) is 18.2 Å². The second kappa shape index (κ2) is 12.3. The molecule has 1 atom stereocenters. The third kappa shape index (κ3) is 6.43. The highest BCUT2D eigenvalue weighted by Gasteiger charge is 2.27. The smallest absolute Gasteiger partial charge is 0.335 e. The average Bonchev–Trinajstić information content (AvgIpc) is 3.32. The third-order valence-electron chi connectivity index (χ3n) is 7.72. The lowest BCUT2D eigenvalue weighted by Crippen LogP contribution is -2.39. The van der Waals surface area contributed by atoms with Crippen molar-refractivity contribution in [2.24, 2.45) is 0 Å². The van der Waals surface area contributed by atoms with Crippen molar-refractivity contribution in [2.45, 2.75) is 51.2 Å². The van der Waals surface area contributed by atoms with Crippen LogP contribution in [-0.4, -0.2) is 62.4 Å². The minimum Gasteiger partial charge on any atom is -0.484 e. The summed E-state index contributed by atoms with van der Waals surface area (Å²) in [5.41, 5.74) is 1.30. The van der Waals surface area contributed by atoms with Crippen LogP contribution in [0.2, 0.25) is 0 Å². The first-order chi connectivity index (χ1) is 20.9. The Labute approximate surface area is 246 Å². The fourth-order valence-corrected chi connectivity index (χ4v) is 5.31. The fraction of sp³-hybridized carbons (Fsp3) is 0.355. The predicted octanol–water partition coefficient (Wildman–Crippen LogP) is 4.69. The number of nitrogens with zero attached hydrogens (tertiary/aromatic N) is 5. The molecule has 6 rings (SSSR count). The van der Waals surface area contributed by atoms with Crippen LogP contribution in [0.5, 0.6) is 11.6 Å². The van der Waals surface area contributed by atoms with Crippen molar-refractivity contribution in [2.75, 3.05) is 19.7 Å². The molecule has 10 nitrogen and oxygen atoms in total. The first-order valence-electron chi connectivity index (χ1n) is 14.1. The van der Waals surface area contributed by atoms with Gasteiger partial charge in [0.2, 0.25) is 5.88 Å². The number of hydrogen-bond donors (Lipinski definition) is 1. The molecule has 2 aromatic carbocycles. The molecule has 4 aromatic rings. The van der Waals surface area contributed by atoms with Gasteiger partial charge in [0.25, 0.3) is 0 Å². The fourth-order valence-electron chi connectivity index (χ4n) is 5.31. The zero-order valence-electron chi connectivity index (χ0n) is 23.2. The summed E-state index contributed by atoms with van der Waals surface area (Å²) < 4.78 is 48.2. The summed E-state index contributed by atoms with van der Waals surface area (Å²) in [6.07, 6.45) is 2.29. The SMILES string of the molecule is N#Cc1ccc(OCc2cccc(OC3CCN(Cc4nc5c(F)cc(C(=O)O)cc5n4C[C@@H]4CCO4)CC3)n2)c(F)c1. The van der Waals surface area contributed by atoms with E-state index in [-0.39, 0.29) is 41.2 Å². The number of pyridine rings is 1. The van der Waals surface area contributed by atoms with Gasteiger partial charge in [-0.05, 0) is 55.7 Å². The van der Waals surface area contributed by atoms with Gasteiger partial charge in [0.1, 0.15) is 24.1 Å². The van der Waals surface area contributed by atoms with Crippen LogP contribution in [0.3, 0.4) is 0 Å². The minimum absolute atomic E-state index is 0.0105. The zero-order chi connectivity index (χ0) is 29.9. The van der Waals surface area contributed by atoms with Crippen molar-refractivity contribution in [1.82, 2.24) is 19.4 Å². The van der Waals surface area contributed by atoms with E-state index >= 15 is 0 Å². The molecule has 1 N–H and O–H groups in total. The molecule has 12 heteroatoms. The van der Waals surface area contributed by atoms with E-state index in [9.17, 15) is 18.7 Å². The van der Waals surface area contributed by atoms with Gasteiger partial charge in [-0.2, -0.15) is 5.26 Å². The van der Waals surface area contributed by atoms with Gasteiger partial charge < -0.3 is 23.9 Å². The van der Waals surface area contributed by atoms with Gasteiger partial charge in [-0.25, -0.2) is 23.5 Å². The Hall–Kier alpha value is -4.60.